The maximum Gasteiger partial charge on any atom is 0.277 e. The van der Waals surface area contributed by atoms with Crippen molar-refractivity contribution in [3.8, 4) is 11.5 Å². The van der Waals surface area contributed by atoms with Crippen LogP contribution in [-0.4, -0.2) is 23.7 Å². The van der Waals surface area contributed by atoms with Crippen molar-refractivity contribution in [1.29, 1.82) is 0 Å². The van der Waals surface area contributed by atoms with E-state index in [2.05, 4.69) is 10.5 Å². The Hall–Kier alpha value is -3.13. The lowest BCUT2D eigenvalue weighted by Crippen LogP contribution is -2.24. The molecule has 0 aliphatic heterocycles. The molecule has 2 aromatic carbocycles. The van der Waals surface area contributed by atoms with Gasteiger partial charge in [-0.05, 0) is 54.5 Å². The van der Waals surface area contributed by atoms with Gasteiger partial charge in [-0.25, -0.2) is 5.43 Å². The lowest BCUT2D eigenvalue weighted by atomic mass is 10.1. The number of nitrogens with one attached hydrogen (secondary N) is 1. The fraction of sp³-hybridized carbons (Fsp3) is 0.176. The Labute approximate surface area is 154 Å². The number of rotatable bonds is 6. The number of nitro benzene ring substituents is 1. The van der Waals surface area contributed by atoms with Gasteiger partial charge in [0.1, 0.15) is 5.75 Å². The molecule has 0 atom stereocenters. The van der Waals surface area contributed by atoms with E-state index in [-0.39, 0.29) is 17.2 Å². The molecule has 0 saturated heterocycles. The summed E-state index contributed by atoms with van der Waals surface area (Å²) in [7, 11) is 0. The highest BCUT2D eigenvalue weighted by atomic mass is 35.5. The maximum atomic E-state index is 11.9. The number of hydrogen-bond acceptors (Lipinski definition) is 6. The van der Waals surface area contributed by atoms with E-state index in [4.69, 9.17) is 16.3 Å². The summed E-state index contributed by atoms with van der Waals surface area (Å²) in [6.45, 7) is 3.55. The molecule has 0 aliphatic carbocycles. The van der Waals surface area contributed by atoms with Crippen LogP contribution < -0.4 is 15.3 Å². The van der Waals surface area contributed by atoms with Crippen molar-refractivity contribution in [2.24, 2.45) is 5.10 Å². The molecule has 0 aliphatic rings. The zero-order valence-electron chi connectivity index (χ0n) is 14.0. The molecule has 0 bridgehead atoms. The Bertz CT molecular complexity index is 863. The Balaban J connectivity index is 1.98. The molecule has 2 rings (SSSR count). The average molecular weight is 377 g/mol. The van der Waals surface area contributed by atoms with Gasteiger partial charge < -0.3 is 9.84 Å². The molecule has 0 aromatic heterocycles. The molecule has 136 valence electrons. The summed E-state index contributed by atoms with van der Waals surface area (Å²) >= 11 is 5.74. The van der Waals surface area contributed by atoms with Gasteiger partial charge in [0.25, 0.3) is 11.6 Å². The van der Waals surface area contributed by atoms with Crippen LogP contribution in [0.25, 0.3) is 0 Å². The van der Waals surface area contributed by atoms with Crippen LogP contribution in [0.1, 0.15) is 16.7 Å². The van der Waals surface area contributed by atoms with Crippen LogP contribution in [0.2, 0.25) is 5.02 Å². The molecular formula is C17H15ClN3O5-. The van der Waals surface area contributed by atoms with Gasteiger partial charge in [-0.15, -0.1) is 0 Å². The number of nitrogens with zero attached hydrogens (tertiary/aromatic N) is 2. The number of carbonyl (C=O) groups is 1. The van der Waals surface area contributed by atoms with Gasteiger partial charge in [0.15, 0.2) is 6.61 Å². The minimum atomic E-state index is -0.844. The first-order chi connectivity index (χ1) is 12.3. The predicted octanol–water partition coefficient (Wildman–Crippen LogP) is 2.47. The van der Waals surface area contributed by atoms with Gasteiger partial charge in [0, 0.05) is 11.1 Å². The van der Waals surface area contributed by atoms with E-state index in [0.29, 0.717) is 5.75 Å². The van der Waals surface area contributed by atoms with Crippen LogP contribution in [0, 0.1) is 24.0 Å². The number of hydrogen-bond donors (Lipinski definition) is 1. The SMILES string of the molecule is Cc1cc(C)cc(OCC(=O)N/N=C\c2cc(Cl)cc([N+](=O)[O-])c2[O-])c1. The third-order valence-electron chi connectivity index (χ3n) is 3.22. The molecule has 0 fully saturated rings. The van der Waals surface area contributed by atoms with Gasteiger partial charge in [-0.2, -0.15) is 5.10 Å². The minimum Gasteiger partial charge on any atom is -0.867 e. The third kappa shape index (κ3) is 5.18. The predicted molar refractivity (Wildman–Crippen MR) is 94.7 cm³/mol. The topological polar surface area (TPSA) is 117 Å². The van der Waals surface area contributed by atoms with E-state index in [9.17, 15) is 20.0 Å². The second-order valence-corrected chi connectivity index (χ2v) is 5.94. The number of hydrazone groups is 1. The molecule has 8 nitrogen and oxygen atoms in total. The van der Waals surface area contributed by atoms with E-state index < -0.39 is 22.3 Å². The molecule has 0 unspecified atom stereocenters. The minimum absolute atomic E-state index is 0.0160. The van der Waals surface area contributed by atoms with Gasteiger partial charge in [0.05, 0.1) is 11.1 Å². The van der Waals surface area contributed by atoms with E-state index in [0.717, 1.165) is 23.4 Å². The standard InChI is InChI=1S/C17H16ClN3O5/c1-10-3-11(2)5-14(4-10)26-9-16(22)20-19-8-12-6-13(18)7-15(17(12)23)21(24)25/h3-8,23H,9H2,1-2H3,(H,20,22)/p-1/b19-8-. The fourth-order valence-electron chi connectivity index (χ4n) is 2.20. The normalized spacial score (nSPS) is 10.7. The largest absolute Gasteiger partial charge is 0.867 e. The number of aryl methyl sites for hydroxylation is 2. The van der Waals surface area contributed by atoms with Gasteiger partial charge in [-0.3, -0.25) is 14.9 Å². The highest BCUT2D eigenvalue weighted by Gasteiger charge is 2.11. The lowest BCUT2D eigenvalue weighted by molar-refractivity contribution is -0.398. The summed E-state index contributed by atoms with van der Waals surface area (Å²) in [4.78, 5) is 21.7. The van der Waals surface area contributed by atoms with Gasteiger partial charge in [-0.1, -0.05) is 17.7 Å². The molecule has 1 amide bonds. The number of benzene rings is 2. The van der Waals surface area contributed by atoms with Crippen molar-refractivity contribution >= 4 is 29.4 Å². The summed E-state index contributed by atoms with van der Waals surface area (Å²) in [6.07, 6.45) is 0.996. The van der Waals surface area contributed by atoms with Gasteiger partial charge in [0.2, 0.25) is 0 Å². The first-order valence-corrected chi connectivity index (χ1v) is 7.82. The monoisotopic (exact) mass is 376 g/mol. The molecule has 0 spiro atoms. The van der Waals surface area contributed by atoms with E-state index in [1.165, 1.54) is 6.07 Å². The first kappa shape index (κ1) is 19.2. The Morgan fingerprint density at radius 2 is 1.92 bits per heavy atom. The molecule has 26 heavy (non-hydrogen) atoms. The Morgan fingerprint density at radius 1 is 1.27 bits per heavy atom. The van der Waals surface area contributed by atoms with E-state index >= 15 is 0 Å². The first-order valence-electron chi connectivity index (χ1n) is 7.44. The van der Waals surface area contributed by atoms with Crippen LogP contribution in [0.4, 0.5) is 5.69 Å². The van der Waals surface area contributed by atoms with Crippen LogP contribution in [0.5, 0.6) is 11.5 Å². The van der Waals surface area contributed by atoms with Crippen LogP contribution in [-0.2, 0) is 4.79 Å². The molecule has 1 N–H and O–H groups in total. The summed E-state index contributed by atoms with van der Waals surface area (Å²) in [5.74, 6) is -0.845. The molecule has 2 aromatic rings. The molecular weight excluding hydrogens is 362 g/mol. The van der Waals surface area contributed by atoms with Crippen molar-refractivity contribution in [2.75, 3.05) is 6.61 Å². The number of amides is 1. The van der Waals surface area contributed by atoms with Crippen LogP contribution >= 0.6 is 11.6 Å². The van der Waals surface area contributed by atoms with E-state index in [1.54, 1.807) is 12.1 Å². The second-order valence-electron chi connectivity index (χ2n) is 5.51. The number of nitro groups is 1. The van der Waals surface area contributed by atoms with Crippen molar-refractivity contribution in [3.63, 3.8) is 0 Å². The third-order valence-corrected chi connectivity index (χ3v) is 3.44. The van der Waals surface area contributed by atoms with Crippen molar-refractivity contribution in [2.45, 2.75) is 13.8 Å². The Kier molecular flexibility index (Phi) is 6.13. The van der Waals surface area contributed by atoms with Crippen LogP contribution in [0.3, 0.4) is 0 Å². The zero-order chi connectivity index (χ0) is 19.3. The van der Waals surface area contributed by atoms with Crippen LogP contribution in [0.15, 0.2) is 35.4 Å². The van der Waals surface area contributed by atoms with E-state index in [1.807, 2.05) is 19.9 Å². The van der Waals surface area contributed by atoms with Gasteiger partial charge >= 0.3 is 0 Å². The highest BCUT2D eigenvalue weighted by Crippen LogP contribution is 2.29. The Morgan fingerprint density at radius 3 is 2.54 bits per heavy atom. The summed E-state index contributed by atoms with van der Waals surface area (Å²) in [5.41, 5.74) is 3.41. The van der Waals surface area contributed by atoms with Crippen molar-refractivity contribution in [3.05, 3.63) is 62.2 Å². The fourth-order valence-corrected chi connectivity index (χ4v) is 2.42. The maximum absolute atomic E-state index is 11.9. The van der Waals surface area contributed by atoms with Crippen molar-refractivity contribution in [1.82, 2.24) is 5.43 Å². The number of carbonyl (C=O) groups excluding carboxylic acids is 1. The average Bonchev–Trinajstić information content (AvgIpc) is 2.54. The molecule has 9 heteroatoms. The molecule has 0 radical (unpaired) electrons. The number of ether oxygens (including phenoxy) is 1. The summed E-state index contributed by atoms with van der Waals surface area (Å²) < 4.78 is 5.37. The number of halogens is 1. The smallest absolute Gasteiger partial charge is 0.277 e. The molecule has 0 saturated carbocycles. The summed E-state index contributed by atoms with van der Waals surface area (Å²) in [5, 5.41) is 26.3. The lowest BCUT2D eigenvalue weighted by Gasteiger charge is -2.11. The quantitative estimate of drug-likeness (QED) is 0.472. The van der Waals surface area contributed by atoms with Crippen molar-refractivity contribution < 1.29 is 19.6 Å². The second kappa shape index (κ2) is 8.30. The highest BCUT2D eigenvalue weighted by molar-refractivity contribution is 6.31. The zero-order valence-corrected chi connectivity index (χ0v) is 14.7. The summed E-state index contributed by atoms with van der Waals surface area (Å²) in [6, 6.07) is 7.73. The molecule has 0 heterocycles.